The smallest absolute Gasteiger partial charge is 0.338 e. The number of carbonyl (C=O) groups is 2. The van der Waals surface area contributed by atoms with Crippen LogP contribution in [0.3, 0.4) is 0 Å². The van der Waals surface area contributed by atoms with E-state index in [-0.39, 0.29) is 18.3 Å². The molecule has 1 aromatic heterocycles. The van der Waals surface area contributed by atoms with E-state index < -0.39 is 0 Å². The van der Waals surface area contributed by atoms with Crippen LogP contribution in [0, 0.1) is 0 Å². The lowest BCUT2D eigenvalue weighted by Crippen LogP contribution is -2.15. The van der Waals surface area contributed by atoms with E-state index >= 15 is 0 Å². The van der Waals surface area contributed by atoms with Gasteiger partial charge in [0.25, 0.3) is 0 Å². The fraction of sp³-hybridized carbons (Fsp3) is 0.143. The molecule has 28 heavy (non-hydrogen) atoms. The summed E-state index contributed by atoms with van der Waals surface area (Å²) in [7, 11) is 0. The molecular weight excluding hydrogens is 356 g/mol. The first kappa shape index (κ1) is 19.0. The van der Waals surface area contributed by atoms with Crippen LogP contribution in [0.15, 0.2) is 66.7 Å². The third kappa shape index (κ3) is 5.38. The molecule has 1 amide bonds. The molecule has 0 aliphatic rings. The van der Waals surface area contributed by atoms with Crippen LogP contribution in [0.2, 0.25) is 0 Å². The number of amides is 1. The minimum Gasteiger partial charge on any atom is -0.462 e. The summed E-state index contributed by atoms with van der Waals surface area (Å²) in [6.45, 7) is 2.10. The number of hydrogen-bond acceptors (Lipinski definition) is 6. The Morgan fingerprint density at radius 2 is 1.57 bits per heavy atom. The molecule has 0 aliphatic carbocycles. The molecule has 0 fully saturated rings. The second-order valence-electron chi connectivity index (χ2n) is 5.94. The van der Waals surface area contributed by atoms with Gasteiger partial charge in [-0.15, -0.1) is 10.2 Å². The molecule has 0 radical (unpaired) electrons. The average molecular weight is 376 g/mol. The molecular formula is C21H20N4O3. The highest BCUT2D eigenvalue weighted by Crippen LogP contribution is 2.16. The van der Waals surface area contributed by atoms with E-state index in [1.807, 2.05) is 30.3 Å². The number of nitrogens with zero attached hydrogens (tertiary/aromatic N) is 2. The highest BCUT2D eigenvalue weighted by molar-refractivity contribution is 5.91. The summed E-state index contributed by atoms with van der Waals surface area (Å²) in [4.78, 5) is 23.7. The first-order valence-electron chi connectivity index (χ1n) is 8.86. The second kappa shape index (κ2) is 9.27. The standard InChI is InChI=1S/C21H20N4O3/c1-2-28-21(27)16-8-10-17(11-9-16)22-18-12-13-19(25-24-18)23-20(26)14-15-6-4-3-5-7-15/h3-13H,2,14H2,1H3,(H,22,24)(H,23,25,26). The monoisotopic (exact) mass is 376 g/mol. The maximum absolute atomic E-state index is 12.1. The molecule has 3 aromatic rings. The van der Waals surface area contributed by atoms with Crippen molar-refractivity contribution in [3.63, 3.8) is 0 Å². The molecule has 0 saturated heterocycles. The quantitative estimate of drug-likeness (QED) is 0.612. The maximum Gasteiger partial charge on any atom is 0.338 e. The lowest BCUT2D eigenvalue weighted by atomic mass is 10.1. The zero-order chi connectivity index (χ0) is 19.8. The third-order valence-electron chi connectivity index (χ3n) is 3.81. The number of anilines is 3. The van der Waals surface area contributed by atoms with Gasteiger partial charge in [-0.3, -0.25) is 4.79 Å². The Bertz CT molecular complexity index is 926. The Kier molecular flexibility index (Phi) is 6.30. The molecule has 0 spiro atoms. The summed E-state index contributed by atoms with van der Waals surface area (Å²) in [5.41, 5.74) is 2.16. The van der Waals surface area contributed by atoms with E-state index in [1.54, 1.807) is 43.3 Å². The molecule has 0 bridgehead atoms. The number of carbonyl (C=O) groups excluding carboxylic acids is 2. The first-order chi connectivity index (χ1) is 13.6. The van der Waals surface area contributed by atoms with Gasteiger partial charge >= 0.3 is 5.97 Å². The molecule has 7 heteroatoms. The lowest BCUT2D eigenvalue weighted by molar-refractivity contribution is -0.115. The van der Waals surface area contributed by atoms with Gasteiger partial charge in [-0.25, -0.2) is 4.79 Å². The predicted molar refractivity (Wildman–Crippen MR) is 106 cm³/mol. The second-order valence-corrected chi connectivity index (χ2v) is 5.94. The van der Waals surface area contributed by atoms with Crippen molar-refractivity contribution in [2.45, 2.75) is 13.3 Å². The van der Waals surface area contributed by atoms with Crippen LogP contribution < -0.4 is 10.6 Å². The van der Waals surface area contributed by atoms with Crippen molar-refractivity contribution in [3.8, 4) is 0 Å². The third-order valence-corrected chi connectivity index (χ3v) is 3.81. The van der Waals surface area contributed by atoms with Crippen LogP contribution in [-0.4, -0.2) is 28.7 Å². The van der Waals surface area contributed by atoms with Gasteiger partial charge in [-0.1, -0.05) is 30.3 Å². The van der Waals surface area contributed by atoms with E-state index in [0.717, 1.165) is 11.3 Å². The summed E-state index contributed by atoms with van der Waals surface area (Å²) in [6, 6.07) is 19.7. The molecule has 0 unspecified atom stereocenters. The number of hydrogen-bond donors (Lipinski definition) is 2. The van der Waals surface area contributed by atoms with Crippen LogP contribution in [-0.2, 0) is 16.0 Å². The Hall–Kier alpha value is -3.74. The zero-order valence-electron chi connectivity index (χ0n) is 15.4. The van der Waals surface area contributed by atoms with Crippen LogP contribution >= 0.6 is 0 Å². The molecule has 0 atom stereocenters. The normalized spacial score (nSPS) is 10.2. The van der Waals surface area contributed by atoms with E-state index in [1.165, 1.54) is 0 Å². The SMILES string of the molecule is CCOC(=O)c1ccc(Nc2ccc(NC(=O)Cc3ccccc3)nn2)cc1. The minimum atomic E-state index is -0.357. The van der Waals surface area contributed by atoms with E-state index in [0.29, 0.717) is 23.8 Å². The minimum absolute atomic E-state index is 0.157. The Labute approximate surface area is 162 Å². The van der Waals surface area contributed by atoms with Gasteiger partial charge < -0.3 is 15.4 Å². The maximum atomic E-state index is 12.1. The molecule has 7 nitrogen and oxygen atoms in total. The number of esters is 1. The van der Waals surface area contributed by atoms with E-state index in [2.05, 4.69) is 20.8 Å². The fourth-order valence-corrected chi connectivity index (χ4v) is 2.49. The number of rotatable bonds is 7. The lowest BCUT2D eigenvalue weighted by Gasteiger charge is -2.08. The average Bonchev–Trinajstić information content (AvgIpc) is 2.71. The summed E-state index contributed by atoms with van der Waals surface area (Å²) >= 11 is 0. The van der Waals surface area contributed by atoms with E-state index in [9.17, 15) is 9.59 Å². The number of aromatic nitrogens is 2. The molecule has 2 aromatic carbocycles. The van der Waals surface area contributed by atoms with Gasteiger partial charge in [0.2, 0.25) is 5.91 Å². The highest BCUT2D eigenvalue weighted by Gasteiger charge is 2.07. The number of benzene rings is 2. The molecule has 1 heterocycles. The van der Waals surface area contributed by atoms with Crippen molar-refractivity contribution in [2.75, 3.05) is 17.2 Å². The van der Waals surface area contributed by atoms with Gasteiger partial charge in [0, 0.05) is 5.69 Å². The van der Waals surface area contributed by atoms with E-state index in [4.69, 9.17) is 4.74 Å². The van der Waals surface area contributed by atoms with Crippen molar-refractivity contribution in [2.24, 2.45) is 0 Å². The summed E-state index contributed by atoms with van der Waals surface area (Å²) in [5, 5.41) is 13.9. The summed E-state index contributed by atoms with van der Waals surface area (Å²) < 4.78 is 4.95. The molecule has 3 rings (SSSR count). The topological polar surface area (TPSA) is 93.2 Å². The Morgan fingerprint density at radius 1 is 0.893 bits per heavy atom. The summed E-state index contributed by atoms with van der Waals surface area (Å²) in [6.07, 6.45) is 0.273. The van der Waals surface area contributed by atoms with Crippen molar-refractivity contribution < 1.29 is 14.3 Å². The zero-order valence-corrected chi connectivity index (χ0v) is 15.4. The van der Waals surface area contributed by atoms with Crippen LogP contribution in [0.1, 0.15) is 22.8 Å². The number of nitrogens with one attached hydrogen (secondary N) is 2. The van der Waals surface area contributed by atoms with Crippen molar-refractivity contribution in [1.29, 1.82) is 0 Å². The molecule has 0 saturated carbocycles. The van der Waals surface area contributed by atoms with Gasteiger partial charge in [-0.05, 0) is 48.9 Å². The van der Waals surface area contributed by atoms with Gasteiger partial charge in [-0.2, -0.15) is 0 Å². The van der Waals surface area contributed by atoms with Crippen LogP contribution in [0.4, 0.5) is 17.3 Å². The molecule has 2 N–H and O–H groups in total. The number of ether oxygens (including phenoxy) is 1. The largest absolute Gasteiger partial charge is 0.462 e. The predicted octanol–water partition coefficient (Wildman–Crippen LogP) is 3.58. The van der Waals surface area contributed by atoms with Crippen LogP contribution in [0.5, 0.6) is 0 Å². The van der Waals surface area contributed by atoms with Crippen molar-refractivity contribution in [3.05, 3.63) is 77.9 Å². The van der Waals surface area contributed by atoms with Gasteiger partial charge in [0.15, 0.2) is 11.6 Å². The van der Waals surface area contributed by atoms with Crippen molar-refractivity contribution in [1.82, 2.24) is 10.2 Å². The molecule has 0 aliphatic heterocycles. The first-order valence-corrected chi connectivity index (χ1v) is 8.86. The Morgan fingerprint density at radius 3 is 2.21 bits per heavy atom. The van der Waals surface area contributed by atoms with Gasteiger partial charge in [0.05, 0.1) is 18.6 Å². The van der Waals surface area contributed by atoms with Crippen LogP contribution in [0.25, 0.3) is 0 Å². The fourth-order valence-electron chi connectivity index (χ4n) is 2.49. The molecule has 142 valence electrons. The highest BCUT2D eigenvalue weighted by atomic mass is 16.5. The Balaban J connectivity index is 1.55. The van der Waals surface area contributed by atoms with Gasteiger partial charge in [0.1, 0.15) is 0 Å². The summed E-state index contributed by atoms with van der Waals surface area (Å²) in [5.74, 6) is 0.384. The van der Waals surface area contributed by atoms with Crippen molar-refractivity contribution >= 4 is 29.2 Å².